The van der Waals surface area contributed by atoms with Crippen LogP contribution >= 0.6 is 11.3 Å². The highest BCUT2D eigenvalue weighted by Crippen LogP contribution is 2.44. The monoisotopic (exact) mass is 551 g/mol. The zero-order chi connectivity index (χ0) is 27.6. The quantitative estimate of drug-likeness (QED) is 0.206. The lowest BCUT2D eigenvalue weighted by Gasteiger charge is -2.10. The molecule has 1 nitrogen and oxygen atoms in total. The van der Waals surface area contributed by atoms with E-state index in [0.717, 1.165) is 0 Å². The maximum Gasteiger partial charge on any atom is 0.0548 e. The van der Waals surface area contributed by atoms with Gasteiger partial charge in [-0.3, -0.25) is 0 Å². The van der Waals surface area contributed by atoms with Gasteiger partial charge in [-0.1, -0.05) is 103 Å². The molecule has 0 spiro atoms. The second kappa shape index (κ2) is 9.17. The van der Waals surface area contributed by atoms with Crippen molar-refractivity contribution in [3.05, 3.63) is 152 Å². The summed E-state index contributed by atoms with van der Waals surface area (Å²) in [5, 5.41) is 7.84. The molecule has 0 radical (unpaired) electrons. The number of thiophene rings is 1. The number of hydrogen-bond acceptors (Lipinski definition) is 1. The third-order valence-corrected chi connectivity index (χ3v) is 9.72. The third kappa shape index (κ3) is 3.56. The predicted molar refractivity (Wildman–Crippen MR) is 182 cm³/mol. The molecule has 2 aromatic heterocycles. The lowest BCUT2D eigenvalue weighted by molar-refractivity contribution is 1.18. The Morgan fingerprint density at radius 3 is 1.93 bits per heavy atom. The molecule has 0 saturated heterocycles. The molecule has 0 saturated carbocycles. The molecule has 0 atom stereocenters. The summed E-state index contributed by atoms with van der Waals surface area (Å²) in [4.78, 5) is 0. The van der Waals surface area contributed by atoms with Crippen LogP contribution < -0.4 is 0 Å². The molecule has 196 valence electrons. The van der Waals surface area contributed by atoms with Crippen LogP contribution in [0.2, 0.25) is 0 Å². The van der Waals surface area contributed by atoms with Gasteiger partial charge in [0.05, 0.1) is 11.0 Å². The van der Waals surface area contributed by atoms with Crippen molar-refractivity contribution in [3.8, 4) is 27.9 Å². The van der Waals surface area contributed by atoms with Crippen LogP contribution in [0.3, 0.4) is 0 Å². The van der Waals surface area contributed by atoms with Crippen LogP contribution in [0, 0.1) is 0 Å². The van der Waals surface area contributed by atoms with Gasteiger partial charge in [0.1, 0.15) is 0 Å². The van der Waals surface area contributed by atoms with E-state index in [0.29, 0.717) is 0 Å². The highest BCUT2D eigenvalue weighted by atomic mass is 32.1. The number of fused-ring (bicyclic) bond motifs is 8. The summed E-state index contributed by atoms with van der Waals surface area (Å²) >= 11 is 1.88. The Kier molecular flexibility index (Phi) is 5.13. The van der Waals surface area contributed by atoms with Crippen molar-refractivity contribution < 1.29 is 0 Å². The van der Waals surface area contributed by atoms with Crippen LogP contribution in [0.4, 0.5) is 0 Å². The molecule has 0 aliphatic rings. The number of rotatable bonds is 3. The van der Waals surface area contributed by atoms with Gasteiger partial charge < -0.3 is 4.57 Å². The molecule has 0 aliphatic carbocycles. The smallest absolute Gasteiger partial charge is 0.0548 e. The minimum atomic E-state index is 1.17. The van der Waals surface area contributed by atoms with E-state index >= 15 is 0 Å². The van der Waals surface area contributed by atoms with Crippen LogP contribution in [0.5, 0.6) is 0 Å². The largest absolute Gasteiger partial charge is 0.309 e. The van der Waals surface area contributed by atoms with E-state index < -0.39 is 0 Å². The first-order chi connectivity index (χ1) is 20.8. The van der Waals surface area contributed by atoms with Crippen molar-refractivity contribution in [1.82, 2.24) is 4.57 Å². The standard InChI is InChI=1S/C40H25NS/c1-2-8-26(9-3-1)28-16-19-32(20-17-28)41-35-21-18-31(30-15-14-27-10-4-5-11-29(27)24-30)25-34(35)39-36(41)22-23-38-40(39)33-12-6-7-13-37(33)42-38/h1-25H. The molecule has 9 aromatic rings. The van der Waals surface area contributed by atoms with E-state index in [1.54, 1.807) is 0 Å². The molecule has 0 fully saturated rings. The van der Waals surface area contributed by atoms with Gasteiger partial charge in [-0.05, 0) is 81.6 Å². The Morgan fingerprint density at radius 2 is 1.05 bits per heavy atom. The molecular weight excluding hydrogens is 527 g/mol. The minimum absolute atomic E-state index is 1.17. The molecule has 0 amide bonds. The summed E-state index contributed by atoms with van der Waals surface area (Å²) in [5.41, 5.74) is 8.58. The SMILES string of the molecule is c1ccc(-c2ccc(-n3c4ccc(-c5ccc6ccccc6c5)cc4c4c5c(ccc43)sc3ccccc35)cc2)cc1. The first kappa shape index (κ1) is 23.5. The van der Waals surface area contributed by atoms with Crippen molar-refractivity contribution in [1.29, 1.82) is 0 Å². The van der Waals surface area contributed by atoms with Crippen LogP contribution in [-0.4, -0.2) is 4.57 Å². The molecule has 0 bridgehead atoms. The fourth-order valence-electron chi connectivity index (χ4n) is 6.59. The normalized spacial score (nSPS) is 11.8. The first-order valence-corrected chi connectivity index (χ1v) is 15.2. The molecule has 0 unspecified atom stereocenters. The highest BCUT2D eigenvalue weighted by Gasteiger charge is 2.18. The van der Waals surface area contributed by atoms with Crippen LogP contribution in [0.1, 0.15) is 0 Å². The molecule has 42 heavy (non-hydrogen) atoms. The van der Waals surface area contributed by atoms with Gasteiger partial charge in [0, 0.05) is 36.6 Å². The number of hydrogen-bond donors (Lipinski definition) is 0. The van der Waals surface area contributed by atoms with Gasteiger partial charge >= 0.3 is 0 Å². The van der Waals surface area contributed by atoms with E-state index in [4.69, 9.17) is 0 Å². The van der Waals surface area contributed by atoms with E-state index in [1.807, 2.05) is 11.3 Å². The summed E-state index contributed by atoms with van der Waals surface area (Å²) < 4.78 is 5.10. The molecule has 2 heteroatoms. The zero-order valence-corrected chi connectivity index (χ0v) is 23.6. The average Bonchev–Trinajstić information content (AvgIpc) is 3.60. The summed E-state index contributed by atoms with van der Waals surface area (Å²) in [7, 11) is 0. The van der Waals surface area contributed by atoms with E-state index in [2.05, 4.69) is 156 Å². The summed E-state index contributed by atoms with van der Waals surface area (Å²) in [5.74, 6) is 0. The molecule has 7 aromatic carbocycles. The van der Waals surface area contributed by atoms with Crippen molar-refractivity contribution in [2.45, 2.75) is 0 Å². The van der Waals surface area contributed by atoms with Gasteiger partial charge in [-0.25, -0.2) is 0 Å². The summed E-state index contributed by atoms with van der Waals surface area (Å²) in [6.07, 6.45) is 0. The molecular formula is C40H25NS. The maximum atomic E-state index is 2.44. The van der Waals surface area contributed by atoms with E-state index in [1.165, 1.54) is 80.7 Å². The highest BCUT2D eigenvalue weighted by molar-refractivity contribution is 7.26. The minimum Gasteiger partial charge on any atom is -0.309 e. The van der Waals surface area contributed by atoms with Gasteiger partial charge in [0.2, 0.25) is 0 Å². The fraction of sp³-hybridized carbons (Fsp3) is 0. The Hall–Kier alpha value is -5.18. The lowest BCUT2D eigenvalue weighted by Crippen LogP contribution is -1.93. The molecule has 9 rings (SSSR count). The van der Waals surface area contributed by atoms with Crippen LogP contribution in [0.25, 0.3) is 80.7 Å². The second-order valence-corrected chi connectivity index (χ2v) is 12.1. The fourth-order valence-corrected chi connectivity index (χ4v) is 7.70. The lowest BCUT2D eigenvalue weighted by atomic mass is 9.98. The maximum absolute atomic E-state index is 2.44. The van der Waals surface area contributed by atoms with Gasteiger partial charge in [0.25, 0.3) is 0 Å². The number of nitrogens with zero attached hydrogens (tertiary/aromatic N) is 1. The number of benzene rings is 7. The van der Waals surface area contributed by atoms with Crippen molar-refractivity contribution in [2.75, 3.05) is 0 Å². The average molecular weight is 552 g/mol. The summed E-state index contributed by atoms with van der Waals surface area (Å²) in [6.45, 7) is 0. The van der Waals surface area contributed by atoms with Crippen molar-refractivity contribution in [2.24, 2.45) is 0 Å². The molecule has 0 aliphatic heterocycles. The third-order valence-electron chi connectivity index (χ3n) is 8.58. The first-order valence-electron chi connectivity index (χ1n) is 14.4. The van der Waals surface area contributed by atoms with Crippen molar-refractivity contribution >= 4 is 64.1 Å². The number of aromatic nitrogens is 1. The van der Waals surface area contributed by atoms with Crippen molar-refractivity contribution in [3.63, 3.8) is 0 Å². The summed E-state index contributed by atoms with van der Waals surface area (Å²) in [6, 6.07) is 55.4. The van der Waals surface area contributed by atoms with E-state index in [9.17, 15) is 0 Å². The van der Waals surface area contributed by atoms with Gasteiger partial charge in [-0.2, -0.15) is 0 Å². The molecule has 2 heterocycles. The Morgan fingerprint density at radius 1 is 0.381 bits per heavy atom. The Bertz CT molecular complexity index is 2440. The predicted octanol–water partition coefficient (Wildman–Crippen LogP) is 11.6. The van der Waals surface area contributed by atoms with E-state index in [-0.39, 0.29) is 0 Å². The Balaban J connectivity index is 1.34. The van der Waals surface area contributed by atoms with Gasteiger partial charge in [-0.15, -0.1) is 11.3 Å². The van der Waals surface area contributed by atoms with Crippen LogP contribution in [0.15, 0.2) is 152 Å². The topological polar surface area (TPSA) is 4.93 Å². The van der Waals surface area contributed by atoms with Crippen LogP contribution in [-0.2, 0) is 0 Å². The second-order valence-electron chi connectivity index (χ2n) is 11.0. The Labute approximate surface area is 247 Å². The molecule has 0 N–H and O–H groups in total. The van der Waals surface area contributed by atoms with Gasteiger partial charge in [0.15, 0.2) is 0 Å². The zero-order valence-electron chi connectivity index (χ0n) is 22.8.